The number of fused-ring (bicyclic) bond motifs is 7. The average Bonchev–Trinajstić information content (AvgIpc) is 3.69. The second kappa shape index (κ2) is 12.3. The monoisotopic (exact) mass is 689 g/mol. The molecular weight excluding hydrogens is 655 g/mol. The highest BCUT2D eigenvalue weighted by molar-refractivity contribution is 6.18. The third-order valence-electron chi connectivity index (χ3n) is 11.2. The highest BCUT2D eigenvalue weighted by Gasteiger charge is 2.37. The van der Waals surface area contributed by atoms with Crippen molar-refractivity contribution in [3.63, 3.8) is 0 Å². The molecule has 254 valence electrons. The molecule has 9 aromatic rings. The summed E-state index contributed by atoms with van der Waals surface area (Å²) in [5.41, 5.74) is 17.2. The molecular formula is C51H35N3. The fraction of sp³-hybridized carbons (Fsp3) is 0.0588. The number of nitrogens with zero attached hydrogens (tertiary/aromatic N) is 3. The Labute approximate surface area is 315 Å². The molecule has 7 aromatic carbocycles. The Bertz CT molecular complexity index is 2900. The average molecular weight is 690 g/mol. The van der Waals surface area contributed by atoms with Crippen LogP contribution in [0.15, 0.2) is 176 Å². The van der Waals surface area contributed by atoms with Crippen molar-refractivity contribution in [2.45, 2.75) is 19.3 Å². The Balaban J connectivity index is 1.29. The molecule has 0 saturated carbocycles. The minimum Gasteiger partial charge on any atom is -0.309 e. The normalized spacial score (nSPS) is 12.8. The van der Waals surface area contributed by atoms with Crippen LogP contribution < -0.4 is 0 Å². The van der Waals surface area contributed by atoms with Crippen molar-refractivity contribution in [2.24, 2.45) is 0 Å². The number of hydrogen-bond acceptors (Lipinski definition) is 1. The molecule has 0 atom stereocenters. The van der Waals surface area contributed by atoms with E-state index < -0.39 is 0 Å². The summed E-state index contributed by atoms with van der Waals surface area (Å²) in [6, 6.07) is 62.2. The molecule has 0 amide bonds. The van der Waals surface area contributed by atoms with Gasteiger partial charge in [0.15, 0.2) is 5.69 Å². The Kier molecular flexibility index (Phi) is 7.22. The minimum atomic E-state index is -0.103. The molecule has 0 fully saturated rings. The van der Waals surface area contributed by atoms with Crippen LogP contribution in [0.2, 0.25) is 0 Å². The topological polar surface area (TPSA) is 22.2 Å². The first kappa shape index (κ1) is 31.7. The molecule has 0 saturated heterocycles. The van der Waals surface area contributed by atoms with E-state index in [0.717, 1.165) is 61.5 Å². The summed E-state index contributed by atoms with van der Waals surface area (Å²) in [6.07, 6.45) is 0. The van der Waals surface area contributed by atoms with E-state index in [1.807, 2.05) is 30.3 Å². The second-order valence-electron chi connectivity index (χ2n) is 14.7. The SMILES string of the molecule is [C-]#[N+]c1ccccc1-c1cc(-c2cc(-c3ccccc3)nc(-c3ccccc3)c2)cc(-n2c3ccccc3c3c4c(ccc32)C(C)(C)c2ccccc2-4)c1. The number of rotatable bonds is 5. The maximum Gasteiger partial charge on any atom is 0.194 e. The van der Waals surface area contributed by atoms with Crippen molar-refractivity contribution in [3.05, 3.63) is 198 Å². The zero-order valence-corrected chi connectivity index (χ0v) is 30.1. The summed E-state index contributed by atoms with van der Waals surface area (Å²) in [4.78, 5) is 9.14. The van der Waals surface area contributed by atoms with E-state index >= 15 is 0 Å². The number of hydrogen-bond donors (Lipinski definition) is 0. The quantitative estimate of drug-likeness (QED) is 0.165. The Morgan fingerprint density at radius 2 is 1.09 bits per heavy atom. The van der Waals surface area contributed by atoms with Gasteiger partial charge in [-0.3, -0.25) is 0 Å². The van der Waals surface area contributed by atoms with Gasteiger partial charge >= 0.3 is 0 Å². The van der Waals surface area contributed by atoms with Gasteiger partial charge in [-0.1, -0.05) is 147 Å². The zero-order chi connectivity index (χ0) is 36.4. The molecule has 0 radical (unpaired) electrons. The maximum absolute atomic E-state index is 8.08. The molecule has 0 aliphatic heterocycles. The summed E-state index contributed by atoms with van der Waals surface area (Å²) < 4.78 is 2.42. The lowest BCUT2D eigenvalue weighted by Gasteiger charge is -2.21. The van der Waals surface area contributed by atoms with Gasteiger partial charge in [-0.25, -0.2) is 9.83 Å². The largest absolute Gasteiger partial charge is 0.309 e. The van der Waals surface area contributed by atoms with E-state index in [4.69, 9.17) is 11.6 Å². The molecule has 0 N–H and O–H groups in total. The van der Waals surface area contributed by atoms with Crippen LogP contribution in [0.25, 0.3) is 88.2 Å². The highest BCUT2D eigenvalue weighted by atomic mass is 15.0. The van der Waals surface area contributed by atoms with Crippen molar-refractivity contribution in [1.82, 2.24) is 9.55 Å². The van der Waals surface area contributed by atoms with Crippen LogP contribution in [0.5, 0.6) is 0 Å². The zero-order valence-electron chi connectivity index (χ0n) is 30.1. The molecule has 0 spiro atoms. The van der Waals surface area contributed by atoms with Crippen LogP contribution in [0.1, 0.15) is 25.0 Å². The lowest BCUT2D eigenvalue weighted by molar-refractivity contribution is 0.661. The first-order valence-electron chi connectivity index (χ1n) is 18.4. The second-order valence-corrected chi connectivity index (χ2v) is 14.7. The summed E-state index contributed by atoms with van der Waals surface area (Å²) in [7, 11) is 0. The fourth-order valence-corrected chi connectivity index (χ4v) is 8.62. The fourth-order valence-electron chi connectivity index (χ4n) is 8.62. The van der Waals surface area contributed by atoms with Gasteiger partial charge < -0.3 is 4.57 Å². The molecule has 1 aliphatic rings. The van der Waals surface area contributed by atoms with Crippen LogP contribution >= 0.6 is 0 Å². The summed E-state index contributed by atoms with van der Waals surface area (Å²) in [5, 5.41) is 2.50. The molecule has 3 nitrogen and oxygen atoms in total. The van der Waals surface area contributed by atoms with Crippen LogP contribution in [0.3, 0.4) is 0 Å². The summed E-state index contributed by atoms with van der Waals surface area (Å²) >= 11 is 0. The smallest absolute Gasteiger partial charge is 0.194 e. The molecule has 54 heavy (non-hydrogen) atoms. The number of para-hydroxylation sites is 2. The van der Waals surface area contributed by atoms with Gasteiger partial charge in [0, 0.05) is 33.0 Å². The number of benzene rings is 7. The van der Waals surface area contributed by atoms with Crippen molar-refractivity contribution in [2.75, 3.05) is 0 Å². The van der Waals surface area contributed by atoms with Crippen molar-refractivity contribution < 1.29 is 0 Å². The van der Waals surface area contributed by atoms with E-state index in [1.54, 1.807) is 0 Å². The van der Waals surface area contributed by atoms with E-state index in [1.165, 1.54) is 33.0 Å². The van der Waals surface area contributed by atoms with E-state index in [-0.39, 0.29) is 5.41 Å². The van der Waals surface area contributed by atoms with Gasteiger partial charge in [0.05, 0.1) is 29.0 Å². The molecule has 0 unspecified atom stereocenters. The van der Waals surface area contributed by atoms with Gasteiger partial charge in [0.2, 0.25) is 0 Å². The lowest BCUT2D eigenvalue weighted by Crippen LogP contribution is -2.14. The Morgan fingerprint density at radius 3 is 1.81 bits per heavy atom. The molecule has 3 heteroatoms. The summed E-state index contributed by atoms with van der Waals surface area (Å²) in [6.45, 7) is 12.8. The van der Waals surface area contributed by atoms with Gasteiger partial charge in [-0.2, -0.15) is 0 Å². The van der Waals surface area contributed by atoms with E-state index in [0.29, 0.717) is 5.69 Å². The third-order valence-corrected chi connectivity index (χ3v) is 11.2. The van der Waals surface area contributed by atoms with Crippen molar-refractivity contribution in [3.8, 4) is 61.6 Å². The Morgan fingerprint density at radius 1 is 0.500 bits per heavy atom. The molecule has 10 rings (SSSR count). The van der Waals surface area contributed by atoms with Crippen LogP contribution in [-0.4, -0.2) is 9.55 Å². The van der Waals surface area contributed by atoms with Crippen LogP contribution in [0, 0.1) is 6.57 Å². The molecule has 2 aromatic heterocycles. The van der Waals surface area contributed by atoms with Crippen molar-refractivity contribution >= 4 is 27.5 Å². The highest BCUT2D eigenvalue weighted by Crippen LogP contribution is 2.53. The third kappa shape index (κ3) is 4.92. The predicted octanol–water partition coefficient (Wildman–Crippen LogP) is 13.7. The lowest BCUT2D eigenvalue weighted by atomic mass is 9.82. The van der Waals surface area contributed by atoms with E-state index in [9.17, 15) is 0 Å². The minimum absolute atomic E-state index is 0.103. The summed E-state index contributed by atoms with van der Waals surface area (Å²) in [5.74, 6) is 0. The van der Waals surface area contributed by atoms with Gasteiger partial charge in [-0.05, 0) is 87.0 Å². The van der Waals surface area contributed by atoms with Gasteiger partial charge in [0.25, 0.3) is 0 Å². The first-order chi connectivity index (χ1) is 26.5. The van der Waals surface area contributed by atoms with Gasteiger partial charge in [-0.15, -0.1) is 0 Å². The maximum atomic E-state index is 8.08. The number of pyridine rings is 1. The predicted molar refractivity (Wildman–Crippen MR) is 224 cm³/mol. The first-order valence-corrected chi connectivity index (χ1v) is 18.4. The molecule has 1 aliphatic carbocycles. The standard InChI is InChI=1S/C51H35N3/c1-51(2)42-23-13-10-21-40(42)49-43(51)26-27-48-50(49)41-22-12-15-25-47(41)54(48)38-29-35(28-37(30-38)39-20-11-14-24-44(39)52-3)36-31-45(33-16-6-4-7-17-33)53-46(32-36)34-18-8-5-9-19-34/h4-32H,1-2H3. The van der Waals surface area contributed by atoms with E-state index in [2.05, 4.69) is 169 Å². The molecule has 2 heterocycles. The Hall–Kier alpha value is -7.02. The number of aromatic nitrogens is 2. The van der Waals surface area contributed by atoms with Crippen molar-refractivity contribution in [1.29, 1.82) is 0 Å². The van der Waals surface area contributed by atoms with Crippen LogP contribution in [-0.2, 0) is 5.41 Å². The van der Waals surface area contributed by atoms with Gasteiger partial charge in [0.1, 0.15) is 0 Å². The van der Waals surface area contributed by atoms with Crippen LogP contribution in [0.4, 0.5) is 5.69 Å². The molecule has 0 bridgehead atoms.